The number of benzene rings is 2. The van der Waals surface area contributed by atoms with Crippen LogP contribution in [0.5, 0.6) is 0 Å². The molecule has 1 saturated heterocycles. The Morgan fingerprint density at radius 3 is 2.36 bits per heavy atom. The van der Waals surface area contributed by atoms with Crippen molar-refractivity contribution in [3.8, 4) is 0 Å². The molecule has 4 heteroatoms. The first-order chi connectivity index (χ1) is 13.4. The Kier molecular flexibility index (Phi) is 5.26. The van der Waals surface area contributed by atoms with E-state index in [2.05, 4.69) is 72.3 Å². The monoisotopic (exact) mass is 377 g/mol. The van der Waals surface area contributed by atoms with Crippen LogP contribution in [-0.4, -0.2) is 53.8 Å². The third-order valence-corrected chi connectivity index (χ3v) is 6.14. The average molecular weight is 378 g/mol. The van der Waals surface area contributed by atoms with Gasteiger partial charge in [-0.15, -0.1) is 0 Å². The molecule has 1 unspecified atom stereocenters. The average Bonchev–Trinajstić information content (AvgIpc) is 2.95. The SMILES string of the molecule is Cc1ccc(CN2CCN(CC(=O)C3c4ccccc4NC3(C)C)CC2)cc1. The molecule has 148 valence electrons. The van der Waals surface area contributed by atoms with Gasteiger partial charge in [-0.05, 0) is 38.0 Å². The highest BCUT2D eigenvalue weighted by Crippen LogP contribution is 2.42. The number of rotatable bonds is 5. The molecule has 1 fully saturated rings. The van der Waals surface area contributed by atoms with Gasteiger partial charge in [0.2, 0.25) is 0 Å². The van der Waals surface area contributed by atoms with Crippen LogP contribution in [0, 0.1) is 6.92 Å². The van der Waals surface area contributed by atoms with E-state index in [-0.39, 0.29) is 11.5 Å². The highest BCUT2D eigenvalue weighted by molar-refractivity contribution is 5.93. The summed E-state index contributed by atoms with van der Waals surface area (Å²) in [6, 6.07) is 17.0. The standard InChI is InChI=1S/C24H31N3O/c1-18-8-10-19(11-9-18)16-26-12-14-27(15-13-26)17-22(28)23-20-6-4-5-7-21(20)25-24(23,2)3/h4-11,23,25H,12-17H2,1-3H3. The van der Waals surface area contributed by atoms with Gasteiger partial charge in [0.1, 0.15) is 0 Å². The summed E-state index contributed by atoms with van der Waals surface area (Å²) in [6.45, 7) is 11.9. The van der Waals surface area contributed by atoms with Gasteiger partial charge in [0.25, 0.3) is 0 Å². The van der Waals surface area contributed by atoms with Gasteiger partial charge in [0.15, 0.2) is 5.78 Å². The number of hydrogen-bond donors (Lipinski definition) is 1. The minimum Gasteiger partial charge on any atom is -0.379 e. The van der Waals surface area contributed by atoms with Crippen molar-refractivity contribution >= 4 is 11.5 Å². The summed E-state index contributed by atoms with van der Waals surface area (Å²) in [5.74, 6) is 0.253. The molecule has 0 radical (unpaired) electrons. The lowest BCUT2D eigenvalue weighted by atomic mass is 9.82. The normalized spacial score (nSPS) is 21.9. The van der Waals surface area contributed by atoms with E-state index in [1.807, 2.05) is 12.1 Å². The Morgan fingerprint density at radius 2 is 1.64 bits per heavy atom. The third-order valence-electron chi connectivity index (χ3n) is 6.14. The van der Waals surface area contributed by atoms with Crippen LogP contribution in [0.25, 0.3) is 0 Å². The zero-order valence-corrected chi connectivity index (χ0v) is 17.2. The van der Waals surface area contributed by atoms with E-state index in [0.29, 0.717) is 12.3 Å². The second kappa shape index (κ2) is 7.69. The molecule has 2 aromatic carbocycles. The topological polar surface area (TPSA) is 35.6 Å². The maximum Gasteiger partial charge on any atom is 0.156 e. The predicted molar refractivity (Wildman–Crippen MR) is 115 cm³/mol. The van der Waals surface area contributed by atoms with Crippen molar-refractivity contribution in [2.24, 2.45) is 0 Å². The Hall–Kier alpha value is -2.17. The van der Waals surface area contributed by atoms with Gasteiger partial charge in [0.05, 0.1) is 12.5 Å². The summed E-state index contributed by atoms with van der Waals surface area (Å²) in [6.07, 6.45) is 0. The molecular formula is C24H31N3O. The van der Waals surface area contributed by atoms with Gasteiger partial charge in [-0.1, -0.05) is 48.0 Å². The summed E-state index contributed by atoms with van der Waals surface area (Å²) >= 11 is 0. The Balaban J connectivity index is 1.33. The molecule has 0 saturated carbocycles. The molecule has 1 atom stereocenters. The van der Waals surface area contributed by atoms with Gasteiger partial charge in [-0.3, -0.25) is 14.6 Å². The highest BCUT2D eigenvalue weighted by atomic mass is 16.1. The van der Waals surface area contributed by atoms with Crippen molar-refractivity contribution in [2.45, 2.75) is 38.8 Å². The number of hydrogen-bond acceptors (Lipinski definition) is 4. The van der Waals surface area contributed by atoms with E-state index in [4.69, 9.17) is 0 Å². The molecule has 0 spiro atoms. The Labute approximate surface area is 168 Å². The number of carbonyl (C=O) groups excluding carboxylic acids is 1. The van der Waals surface area contributed by atoms with Crippen LogP contribution in [0.4, 0.5) is 5.69 Å². The van der Waals surface area contributed by atoms with Gasteiger partial charge < -0.3 is 5.32 Å². The van der Waals surface area contributed by atoms with Crippen LogP contribution in [-0.2, 0) is 11.3 Å². The quantitative estimate of drug-likeness (QED) is 0.862. The number of fused-ring (bicyclic) bond motifs is 1. The number of piperazine rings is 1. The van der Waals surface area contributed by atoms with Crippen molar-refractivity contribution in [2.75, 3.05) is 38.0 Å². The first-order valence-electron chi connectivity index (χ1n) is 10.3. The van der Waals surface area contributed by atoms with Crippen LogP contribution >= 0.6 is 0 Å². The molecule has 4 nitrogen and oxygen atoms in total. The molecule has 2 aromatic rings. The van der Waals surface area contributed by atoms with Gasteiger partial charge in [-0.2, -0.15) is 0 Å². The molecule has 0 amide bonds. The second-order valence-corrected chi connectivity index (χ2v) is 8.87. The van der Waals surface area contributed by atoms with Crippen LogP contribution in [0.3, 0.4) is 0 Å². The summed E-state index contributed by atoms with van der Waals surface area (Å²) in [4.78, 5) is 18.0. The maximum atomic E-state index is 13.2. The lowest BCUT2D eigenvalue weighted by Crippen LogP contribution is -2.49. The van der Waals surface area contributed by atoms with E-state index >= 15 is 0 Å². The number of aryl methyl sites for hydroxylation is 1. The minimum absolute atomic E-state index is 0.0747. The summed E-state index contributed by atoms with van der Waals surface area (Å²) in [5.41, 5.74) is 4.70. The molecule has 28 heavy (non-hydrogen) atoms. The largest absolute Gasteiger partial charge is 0.379 e. The Bertz CT molecular complexity index is 835. The molecule has 0 aromatic heterocycles. The molecule has 2 heterocycles. The summed E-state index contributed by atoms with van der Waals surface area (Å²) in [5, 5.41) is 3.53. The second-order valence-electron chi connectivity index (χ2n) is 8.87. The van der Waals surface area contributed by atoms with E-state index in [1.54, 1.807) is 0 Å². The van der Waals surface area contributed by atoms with Crippen molar-refractivity contribution < 1.29 is 4.79 Å². The van der Waals surface area contributed by atoms with Crippen molar-refractivity contribution in [3.63, 3.8) is 0 Å². The lowest BCUT2D eigenvalue weighted by molar-refractivity contribution is -0.122. The minimum atomic E-state index is -0.228. The molecule has 0 bridgehead atoms. The smallest absolute Gasteiger partial charge is 0.156 e. The van der Waals surface area contributed by atoms with Crippen LogP contribution in [0.2, 0.25) is 0 Å². The number of carbonyl (C=O) groups is 1. The van der Waals surface area contributed by atoms with Gasteiger partial charge >= 0.3 is 0 Å². The fourth-order valence-corrected chi connectivity index (χ4v) is 4.62. The summed E-state index contributed by atoms with van der Waals surface area (Å²) < 4.78 is 0. The lowest BCUT2D eigenvalue weighted by Gasteiger charge is -2.35. The number of para-hydroxylation sites is 1. The number of nitrogens with one attached hydrogen (secondary N) is 1. The fraction of sp³-hybridized carbons (Fsp3) is 0.458. The number of anilines is 1. The zero-order chi connectivity index (χ0) is 19.7. The molecule has 2 aliphatic rings. The van der Waals surface area contributed by atoms with Gasteiger partial charge in [0, 0.05) is 44.0 Å². The van der Waals surface area contributed by atoms with Gasteiger partial charge in [-0.25, -0.2) is 0 Å². The molecule has 0 aliphatic carbocycles. The van der Waals surface area contributed by atoms with Crippen molar-refractivity contribution in [3.05, 3.63) is 65.2 Å². The number of nitrogens with zero attached hydrogens (tertiary/aromatic N) is 2. The fourth-order valence-electron chi connectivity index (χ4n) is 4.62. The van der Waals surface area contributed by atoms with E-state index in [9.17, 15) is 4.79 Å². The zero-order valence-electron chi connectivity index (χ0n) is 17.2. The Morgan fingerprint density at radius 1 is 1.00 bits per heavy atom. The third kappa shape index (κ3) is 3.98. The number of ketones is 1. The molecule has 1 N–H and O–H groups in total. The molecule has 4 rings (SSSR count). The molecular weight excluding hydrogens is 346 g/mol. The number of Topliss-reactive ketones (excluding diaryl/α,β-unsaturated/α-hetero) is 1. The van der Waals surface area contributed by atoms with E-state index in [1.165, 1.54) is 11.1 Å². The van der Waals surface area contributed by atoms with E-state index in [0.717, 1.165) is 44.0 Å². The molecule has 2 aliphatic heterocycles. The van der Waals surface area contributed by atoms with E-state index < -0.39 is 0 Å². The first kappa shape index (κ1) is 19.2. The first-order valence-corrected chi connectivity index (χ1v) is 10.3. The van der Waals surface area contributed by atoms with Crippen LogP contribution < -0.4 is 5.32 Å². The maximum absolute atomic E-state index is 13.2. The predicted octanol–water partition coefficient (Wildman–Crippen LogP) is 3.67. The summed E-state index contributed by atoms with van der Waals surface area (Å²) in [7, 11) is 0. The van der Waals surface area contributed by atoms with Crippen molar-refractivity contribution in [1.29, 1.82) is 0 Å². The van der Waals surface area contributed by atoms with Crippen LogP contribution in [0.1, 0.15) is 36.5 Å². The highest BCUT2D eigenvalue weighted by Gasteiger charge is 2.43. The van der Waals surface area contributed by atoms with Crippen molar-refractivity contribution in [1.82, 2.24) is 9.80 Å². The van der Waals surface area contributed by atoms with Crippen LogP contribution in [0.15, 0.2) is 48.5 Å².